The summed E-state index contributed by atoms with van der Waals surface area (Å²) in [6.45, 7) is 0.874. The number of nitrogens with zero attached hydrogens (tertiary/aromatic N) is 1. The standard InChI is InChI=1S/C12H19NO/c13-9-11-7-4-8-14-12(11)10-5-2-1-3-6-10/h10-12H,1-8H2. The second kappa shape index (κ2) is 4.79. The molecule has 0 aromatic heterocycles. The SMILES string of the molecule is N#CC1CCCOC1C1CCCCC1. The number of hydrogen-bond acceptors (Lipinski definition) is 2. The maximum atomic E-state index is 9.06. The molecule has 0 aromatic rings. The van der Waals surface area contributed by atoms with Crippen molar-refractivity contribution in [3.8, 4) is 6.07 Å². The van der Waals surface area contributed by atoms with Crippen LogP contribution in [0.25, 0.3) is 0 Å². The molecule has 0 aromatic carbocycles. The van der Waals surface area contributed by atoms with Gasteiger partial charge < -0.3 is 4.74 Å². The highest BCUT2D eigenvalue weighted by atomic mass is 16.5. The Morgan fingerprint density at radius 1 is 1.00 bits per heavy atom. The van der Waals surface area contributed by atoms with Gasteiger partial charge in [0.2, 0.25) is 0 Å². The van der Waals surface area contributed by atoms with Crippen LogP contribution in [0.5, 0.6) is 0 Å². The molecule has 1 heterocycles. The zero-order chi connectivity index (χ0) is 9.80. The van der Waals surface area contributed by atoms with Crippen LogP contribution in [0.1, 0.15) is 44.9 Å². The van der Waals surface area contributed by atoms with Gasteiger partial charge in [0.05, 0.1) is 18.1 Å². The molecule has 14 heavy (non-hydrogen) atoms. The third-order valence-corrected chi connectivity index (χ3v) is 3.65. The lowest BCUT2D eigenvalue weighted by Gasteiger charge is -2.35. The second-order valence-electron chi connectivity index (χ2n) is 4.61. The fourth-order valence-corrected chi connectivity index (χ4v) is 2.87. The summed E-state index contributed by atoms with van der Waals surface area (Å²) in [5.74, 6) is 0.848. The Balaban J connectivity index is 1.95. The summed E-state index contributed by atoms with van der Waals surface area (Å²) in [7, 11) is 0. The minimum absolute atomic E-state index is 0.173. The maximum absolute atomic E-state index is 9.06. The molecule has 1 aliphatic carbocycles. The first-order valence-electron chi connectivity index (χ1n) is 5.93. The van der Waals surface area contributed by atoms with E-state index >= 15 is 0 Å². The Bertz CT molecular complexity index is 215. The van der Waals surface area contributed by atoms with E-state index in [1.165, 1.54) is 32.1 Å². The van der Waals surface area contributed by atoms with E-state index in [4.69, 9.17) is 10.00 Å². The van der Waals surface area contributed by atoms with Gasteiger partial charge in [0.15, 0.2) is 0 Å². The molecule has 1 aliphatic heterocycles. The molecule has 2 aliphatic rings. The Hall–Kier alpha value is -0.550. The fraction of sp³-hybridized carbons (Fsp3) is 0.917. The van der Waals surface area contributed by atoms with Crippen LogP contribution in [0.2, 0.25) is 0 Å². The summed E-state index contributed by atoms with van der Waals surface area (Å²) in [4.78, 5) is 0. The summed E-state index contributed by atoms with van der Waals surface area (Å²) in [6, 6.07) is 2.43. The lowest BCUT2D eigenvalue weighted by atomic mass is 9.78. The normalized spacial score (nSPS) is 35.1. The van der Waals surface area contributed by atoms with Crippen LogP contribution in [0.4, 0.5) is 0 Å². The Labute approximate surface area is 86.2 Å². The van der Waals surface area contributed by atoms with Crippen molar-refractivity contribution >= 4 is 0 Å². The third kappa shape index (κ3) is 2.09. The van der Waals surface area contributed by atoms with Crippen LogP contribution in [0, 0.1) is 23.2 Å². The molecule has 78 valence electrons. The summed E-state index contributed by atoms with van der Waals surface area (Å²) >= 11 is 0. The van der Waals surface area contributed by atoms with Gasteiger partial charge in [-0.2, -0.15) is 5.26 Å². The number of ether oxygens (including phenoxy) is 1. The molecule has 2 unspecified atom stereocenters. The quantitative estimate of drug-likeness (QED) is 0.641. The van der Waals surface area contributed by atoms with Gasteiger partial charge in [-0.05, 0) is 31.6 Å². The molecule has 0 radical (unpaired) electrons. The highest BCUT2D eigenvalue weighted by Crippen LogP contribution is 2.34. The van der Waals surface area contributed by atoms with Crippen LogP contribution < -0.4 is 0 Å². The van der Waals surface area contributed by atoms with Crippen molar-refractivity contribution in [1.82, 2.24) is 0 Å². The van der Waals surface area contributed by atoms with Gasteiger partial charge in [-0.1, -0.05) is 19.3 Å². The molecule has 0 bridgehead atoms. The monoisotopic (exact) mass is 193 g/mol. The van der Waals surface area contributed by atoms with Crippen molar-refractivity contribution in [3.63, 3.8) is 0 Å². The van der Waals surface area contributed by atoms with Crippen molar-refractivity contribution in [2.45, 2.75) is 51.0 Å². The first-order valence-corrected chi connectivity index (χ1v) is 5.93. The zero-order valence-corrected chi connectivity index (χ0v) is 8.74. The van der Waals surface area contributed by atoms with Crippen LogP contribution in [0.3, 0.4) is 0 Å². The third-order valence-electron chi connectivity index (χ3n) is 3.65. The first-order chi connectivity index (χ1) is 6.92. The Morgan fingerprint density at radius 3 is 2.50 bits per heavy atom. The highest BCUT2D eigenvalue weighted by molar-refractivity contribution is 4.94. The van der Waals surface area contributed by atoms with Crippen molar-refractivity contribution in [3.05, 3.63) is 0 Å². The first kappa shape index (κ1) is 9.98. The molecular formula is C12H19NO. The van der Waals surface area contributed by atoms with Gasteiger partial charge in [-0.3, -0.25) is 0 Å². The molecule has 2 atom stereocenters. The van der Waals surface area contributed by atoms with E-state index < -0.39 is 0 Å². The smallest absolute Gasteiger partial charge is 0.0761 e. The Morgan fingerprint density at radius 2 is 1.79 bits per heavy atom. The zero-order valence-electron chi connectivity index (χ0n) is 8.74. The van der Waals surface area contributed by atoms with E-state index in [2.05, 4.69) is 6.07 Å². The van der Waals surface area contributed by atoms with E-state index in [1.54, 1.807) is 0 Å². The minimum Gasteiger partial charge on any atom is -0.377 e. The van der Waals surface area contributed by atoms with Crippen LogP contribution >= 0.6 is 0 Å². The second-order valence-corrected chi connectivity index (χ2v) is 4.61. The maximum Gasteiger partial charge on any atom is 0.0761 e. The molecule has 2 heteroatoms. The van der Waals surface area contributed by atoms with E-state index in [9.17, 15) is 0 Å². The van der Waals surface area contributed by atoms with E-state index in [0.717, 1.165) is 19.4 Å². The van der Waals surface area contributed by atoms with Gasteiger partial charge >= 0.3 is 0 Å². The molecule has 0 amide bonds. The minimum atomic E-state index is 0.173. The average molecular weight is 193 g/mol. The average Bonchev–Trinajstić information content (AvgIpc) is 2.30. The van der Waals surface area contributed by atoms with Crippen LogP contribution in [-0.2, 0) is 4.74 Å². The highest BCUT2D eigenvalue weighted by Gasteiger charge is 2.33. The molecule has 2 rings (SSSR count). The van der Waals surface area contributed by atoms with Crippen molar-refractivity contribution in [2.75, 3.05) is 6.61 Å². The van der Waals surface area contributed by atoms with E-state index in [0.29, 0.717) is 5.92 Å². The van der Waals surface area contributed by atoms with Gasteiger partial charge in [0, 0.05) is 6.61 Å². The van der Waals surface area contributed by atoms with Crippen molar-refractivity contribution < 1.29 is 4.74 Å². The number of nitriles is 1. The van der Waals surface area contributed by atoms with Gasteiger partial charge in [-0.15, -0.1) is 0 Å². The molecule has 1 saturated carbocycles. The Kier molecular flexibility index (Phi) is 3.42. The topological polar surface area (TPSA) is 33.0 Å². The van der Waals surface area contributed by atoms with Crippen LogP contribution in [-0.4, -0.2) is 12.7 Å². The van der Waals surface area contributed by atoms with E-state index in [1.807, 2.05) is 0 Å². The fourth-order valence-electron chi connectivity index (χ4n) is 2.87. The summed E-state index contributed by atoms with van der Waals surface area (Å²) < 4.78 is 5.80. The molecule has 0 spiro atoms. The summed E-state index contributed by atoms with van der Waals surface area (Å²) in [5, 5.41) is 9.06. The summed E-state index contributed by atoms with van der Waals surface area (Å²) in [5.41, 5.74) is 0. The molecule has 2 fully saturated rings. The number of rotatable bonds is 1. The van der Waals surface area contributed by atoms with Gasteiger partial charge in [-0.25, -0.2) is 0 Å². The predicted molar refractivity (Wildman–Crippen MR) is 54.7 cm³/mol. The lowest BCUT2D eigenvalue weighted by molar-refractivity contribution is -0.0528. The predicted octanol–water partition coefficient (Wildman–Crippen LogP) is 2.89. The molecule has 0 N–H and O–H groups in total. The van der Waals surface area contributed by atoms with Crippen molar-refractivity contribution in [2.24, 2.45) is 11.8 Å². The summed E-state index contributed by atoms with van der Waals surface area (Å²) in [6.07, 6.45) is 8.99. The molecular weight excluding hydrogens is 174 g/mol. The lowest BCUT2D eigenvalue weighted by Crippen LogP contribution is -2.36. The molecule has 2 nitrogen and oxygen atoms in total. The van der Waals surface area contributed by atoms with Crippen LogP contribution in [0.15, 0.2) is 0 Å². The van der Waals surface area contributed by atoms with Crippen molar-refractivity contribution in [1.29, 1.82) is 5.26 Å². The van der Waals surface area contributed by atoms with E-state index in [-0.39, 0.29) is 12.0 Å². The molecule has 1 saturated heterocycles. The van der Waals surface area contributed by atoms with Gasteiger partial charge in [0.25, 0.3) is 0 Å². The largest absolute Gasteiger partial charge is 0.377 e. The number of hydrogen-bond donors (Lipinski definition) is 0. The van der Waals surface area contributed by atoms with Gasteiger partial charge in [0.1, 0.15) is 0 Å².